The van der Waals surface area contributed by atoms with Crippen molar-refractivity contribution in [2.24, 2.45) is 0 Å². The maximum atomic E-state index is 11.5. The number of rotatable bonds is 18. The summed E-state index contributed by atoms with van der Waals surface area (Å²) in [5, 5.41) is 0. The summed E-state index contributed by atoms with van der Waals surface area (Å²) in [6, 6.07) is 0. The molecule has 0 saturated heterocycles. The van der Waals surface area contributed by atoms with E-state index in [2.05, 4.69) is 13.5 Å². The van der Waals surface area contributed by atoms with Gasteiger partial charge < -0.3 is 17.7 Å². The Balaban J connectivity index is 3.93. The smallest absolute Gasteiger partial charge is 0.449 e. The van der Waals surface area contributed by atoms with Crippen molar-refractivity contribution in [2.75, 3.05) is 19.8 Å². The van der Waals surface area contributed by atoms with Gasteiger partial charge >= 0.3 is 15.0 Å². The lowest BCUT2D eigenvalue weighted by molar-refractivity contribution is -0.139. The van der Waals surface area contributed by atoms with Crippen LogP contribution in [-0.4, -0.2) is 34.8 Å². The highest BCUT2D eigenvalue weighted by molar-refractivity contribution is 6.55. The Morgan fingerprint density at radius 1 is 0.800 bits per heavy atom. The van der Waals surface area contributed by atoms with Crippen LogP contribution in [0.1, 0.15) is 85.0 Å². The van der Waals surface area contributed by atoms with Crippen LogP contribution in [0.4, 0.5) is 0 Å². The van der Waals surface area contributed by atoms with Crippen molar-refractivity contribution in [3.63, 3.8) is 0 Å². The monoisotopic (exact) mass is 374 g/mol. The summed E-state index contributed by atoms with van der Waals surface area (Å²) in [6.45, 7) is 10.5. The minimum Gasteiger partial charge on any atom is -0.449 e. The van der Waals surface area contributed by atoms with Gasteiger partial charge in [0.1, 0.15) is 0 Å². The van der Waals surface area contributed by atoms with E-state index in [1.54, 1.807) is 0 Å². The Bertz CT molecular complexity index is 330. The lowest BCUT2D eigenvalue weighted by Gasteiger charge is -2.26. The van der Waals surface area contributed by atoms with Crippen molar-refractivity contribution in [3.8, 4) is 0 Å². The molecule has 0 aliphatic carbocycles. The van der Waals surface area contributed by atoms with Crippen molar-refractivity contribution >= 4 is 15.0 Å². The summed E-state index contributed by atoms with van der Waals surface area (Å²) in [5.41, 5.74) is 0. The third-order valence-electron chi connectivity index (χ3n) is 3.81. The number of carbonyl (C=O) groups is 1. The maximum absolute atomic E-state index is 11.5. The van der Waals surface area contributed by atoms with E-state index in [9.17, 15) is 4.79 Å². The topological polar surface area (TPSA) is 54.0 Å². The highest BCUT2D eigenvalue weighted by Gasteiger charge is 2.49. The first-order valence-electron chi connectivity index (χ1n) is 9.91. The molecule has 0 fully saturated rings. The molecule has 0 saturated carbocycles. The minimum atomic E-state index is -3.39. The molecule has 6 heteroatoms. The van der Waals surface area contributed by atoms with E-state index in [-0.39, 0.29) is 0 Å². The van der Waals surface area contributed by atoms with Crippen LogP contribution in [0.15, 0.2) is 12.7 Å². The van der Waals surface area contributed by atoms with E-state index in [1.165, 1.54) is 51.4 Å². The minimum absolute atomic E-state index is 0.370. The summed E-state index contributed by atoms with van der Waals surface area (Å²) in [7, 11) is -3.39. The van der Waals surface area contributed by atoms with Crippen molar-refractivity contribution in [1.29, 1.82) is 0 Å². The van der Waals surface area contributed by atoms with Gasteiger partial charge in [-0.3, -0.25) is 0 Å². The number of hydrogen-bond donors (Lipinski definition) is 0. The Kier molecular flexibility index (Phi) is 16.3. The fourth-order valence-corrected chi connectivity index (χ4v) is 4.38. The Labute approximate surface area is 155 Å². The highest BCUT2D eigenvalue weighted by Crippen LogP contribution is 2.15. The van der Waals surface area contributed by atoms with Gasteiger partial charge in [0, 0.05) is 25.9 Å². The molecule has 5 nitrogen and oxygen atoms in total. The molecule has 0 rings (SSSR count). The lowest BCUT2D eigenvalue weighted by Crippen LogP contribution is -2.50. The van der Waals surface area contributed by atoms with E-state index in [4.69, 9.17) is 17.7 Å². The van der Waals surface area contributed by atoms with Gasteiger partial charge in [-0.05, 0) is 20.3 Å². The van der Waals surface area contributed by atoms with E-state index in [0.717, 1.165) is 18.9 Å². The van der Waals surface area contributed by atoms with E-state index in [1.807, 2.05) is 13.8 Å². The van der Waals surface area contributed by atoms with Gasteiger partial charge in [0.2, 0.25) is 0 Å². The average Bonchev–Trinajstić information content (AvgIpc) is 2.60. The predicted octanol–water partition coefficient (Wildman–Crippen LogP) is 5.16. The molecule has 0 aromatic heterocycles. The SMILES string of the molecule is C=CC(=O)O[Si](OCC)(OCC)OCCCCCCCCCCCC. The van der Waals surface area contributed by atoms with Gasteiger partial charge in [0.05, 0.1) is 0 Å². The van der Waals surface area contributed by atoms with Crippen LogP contribution >= 0.6 is 0 Å². The van der Waals surface area contributed by atoms with Crippen molar-refractivity contribution in [1.82, 2.24) is 0 Å². The lowest BCUT2D eigenvalue weighted by atomic mass is 10.1. The predicted molar refractivity (Wildman–Crippen MR) is 103 cm³/mol. The fourth-order valence-electron chi connectivity index (χ4n) is 2.52. The van der Waals surface area contributed by atoms with Crippen LogP contribution in [0, 0.1) is 0 Å². The Morgan fingerprint density at radius 3 is 1.72 bits per heavy atom. The fraction of sp³-hybridized carbons (Fsp3) is 0.842. The van der Waals surface area contributed by atoms with E-state index < -0.39 is 15.0 Å². The molecular weight excluding hydrogens is 336 g/mol. The molecule has 0 aliphatic heterocycles. The van der Waals surface area contributed by atoms with Crippen LogP contribution < -0.4 is 0 Å². The van der Waals surface area contributed by atoms with Gasteiger partial charge in [0.25, 0.3) is 0 Å². The van der Waals surface area contributed by atoms with E-state index in [0.29, 0.717) is 19.8 Å². The molecule has 0 aromatic carbocycles. The summed E-state index contributed by atoms with van der Waals surface area (Å²) in [6.07, 6.45) is 13.7. The third kappa shape index (κ3) is 13.2. The molecule has 0 amide bonds. The first-order valence-corrected chi connectivity index (χ1v) is 11.5. The van der Waals surface area contributed by atoms with Crippen LogP contribution in [-0.2, 0) is 22.5 Å². The number of unbranched alkanes of at least 4 members (excludes halogenated alkanes) is 9. The summed E-state index contributed by atoms with van der Waals surface area (Å²) in [4.78, 5) is 11.5. The standard InChI is InChI=1S/C19H38O5Si/c1-5-9-10-11-12-13-14-15-16-17-18-23-25(21-7-3,22-8-4)24-19(20)6-2/h6H,2,5,7-18H2,1,3-4H3. The summed E-state index contributed by atoms with van der Waals surface area (Å²) in [5.74, 6) is -0.573. The molecule has 148 valence electrons. The molecule has 0 atom stereocenters. The van der Waals surface area contributed by atoms with Gasteiger partial charge in [-0.1, -0.05) is 71.3 Å². The molecule has 0 aliphatic rings. The van der Waals surface area contributed by atoms with Crippen molar-refractivity contribution in [2.45, 2.75) is 85.0 Å². The Hall–Kier alpha value is -0.693. The van der Waals surface area contributed by atoms with Crippen LogP contribution in [0.3, 0.4) is 0 Å². The second-order valence-corrected chi connectivity index (χ2v) is 8.09. The molecular formula is C19H38O5Si. The molecule has 0 N–H and O–H groups in total. The molecule has 0 spiro atoms. The van der Waals surface area contributed by atoms with Gasteiger partial charge in [-0.2, -0.15) is 0 Å². The first kappa shape index (κ1) is 24.3. The molecule has 0 unspecified atom stereocenters. The largest absolute Gasteiger partial charge is 0.751 e. The Morgan fingerprint density at radius 2 is 1.28 bits per heavy atom. The van der Waals surface area contributed by atoms with Gasteiger partial charge in [-0.15, -0.1) is 0 Å². The number of hydrogen-bond acceptors (Lipinski definition) is 5. The quantitative estimate of drug-likeness (QED) is 0.188. The third-order valence-corrected chi connectivity index (χ3v) is 6.10. The van der Waals surface area contributed by atoms with Gasteiger partial charge in [-0.25, -0.2) is 4.79 Å². The van der Waals surface area contributed by atoms with E-state index >= 15 is 0 Å². The van der Waals surface area contributed by atoms with Crippen LogP contribution in [0.5, 0.6) is 0 Å². The molecule has 25 heavy (non-hydrogen) atoms. The highest BCUT2D eigenvalue weighted by atomic mass is 28.4. The zero-order valence-electron chi connectivity index (χ0n) is 16.5. The zero-order valence-corrected chi connectivity index (χ0v) is 17.5. The normalized spacial score (nSPS) is 11.5. The molecule has 0 aromatic rings. The summed E-state index contributed by atoms with van der Waals surface area (Å²) >= 11 is 0. The van der Waals surface area contributed by atoms with Crippen molar-refractivity contribution < 1.29 is 22.5 Å². The van der Waals surface area contributed by atoms with Gasteiger partial charge in [0.15, 0.2) is 0 Å². The second-order valence-electron chi connectivity index (χ2n) is 6.02. The summed E-state index contributed by atoms with van der Waals surface area (Å²) < 4.78 is 22.1. The molecule has 0 heterocycles. The first-order chi connectivity index (χ1) is 12.1. The molecule has 0 bridgehead atoms. The maximum Gasteiger partial charge on any atom is 0.751 e. The number of carbonyl (C=O) groups excluding carboxylic acids is 1. The van der Waals surface area contributed by atoms with Crippen molar-refractivity contribution in [3.05, 3.63) is 12.7 Å². The van der Waals surface area contributed by atoms with Crippen LogP contribution in [0.25, 0.3) is 0 Å². The zero-order chi connectivity index (χ0) is 18.8. The molecule has 0 radical (unpaired) electrons. The average molecular weight is 375 g/mol. The van der Waals surface area contributed by atoms with Crippen LogP contribution in [0.2, 0.25) is 0 Å². The second kappa shape index (κ2) is 16.8.